The zero-order valence-electron chi connectivity index (χ0n) is 19.6. The summed E-state index contributed by atoms with van der Waals surface area (Å²) in [4.78, 5) is 22.5. The van der Waals surface area contributed by atoms with Crippen LogP contribution in [0, 0.1) is 0 Å². The van der Waals surface area contributed by atoms with Crippen LogP contribution < -0.4 is 20.1 Å². The summed E-state index contributed by atoms with van der Waals surface area (Å²) < 4.78 is 11.2. The topological polar surface area (TPSA) is 117 Å². The molecular weight excluding hydrogens is 460 g/mol. The summed E-state index contributed by atoms with van der Waals surface area (Å²) in [5.41, 5.74) is 4.77. The monoisotopic (exact) mass is 484 g/mol. The molecule has 182 valence electrons. The number of methoxy groups -OCH3 is 2. The molecule has 8 heteroatoms. The molecule has 0 amide bonds. The van der Waals surface area contributed by atoms with Gasteiger partial charge in [0.2, 0.25) is 0 Å². The second kappa shape index (κ2) is 10.5. The van der Waals surface area contributed by atoms with Gasteiger partial charge < -0.3 is 30.3 Å². The fraction of sp³-hybridized carbons (Fsp3) is 0.0714. The Balaban J connectivity index is 1.60. The first-order chi connectivity index (χ1) is 17.4. The third-order valence-electron chi connectivity index (χ3n) is 5.51. The first kappa shape index (κ1) is 24.2. The van der Waals surface area contributed by atoms with Crippen LogP contribution in [0.2, 0.25) is 0 Å². The standard InChI is InChI=1S/C28H24N2O6/c1-35-25-15-17(9-11-23(25)29-21-7-3-5-19(13-21)27(31)32)18-10-12-24(26(16-18)36-2)30-22-8-4-6-20(14-22)28(33)34/h3-16,29-30H,1-2H3,(H,31,32)(H,33,34). The van der Waals surface area contributed by atoms with Gasteiger partial charge in [0.05, 0.1) is 36.7 Å². The molecule has 0 heterocycles. The van der Waals surface area contributed by atoms with E-state index in [1.54, 1.807) is 50.6 Å². The van der Waals surface area contributed by atoms with Gasteiger partial charge in [-0.3, -0.25) is 0 Å². The van der Waals surface area contributed by atoms with Crippen molar-refractivity contribution in [2.24, 2.45) is 0 Å². The summed E-state index contributed by atoms with van der Waals surface area (Å²) in [6.45, 7) is 0. The number of anilines is 4. The third-order valence-corrected chi connectivity index (χ3v) is 5.51. The summed E-state index contributed by atoms with van der Waals surface area (Å²) in [6.07, 6.45) is 0. The highest BCUT2D eigenvalue weighted by atomic mass is 16.5. The molecule has 4 aromatic carbocycles. The molecule has 0 unspecified atom stereocenters. The van der Waals surface area contributed by atoms with Crippen LogP contribution in [0.25, 0.3) is 11.1 Å². The van der Waals surface area contributed by atoms with Crippen molar-refractivity contribution in [3.63, 3.8) is 0 Å². The molecule has 0 radical (unpaired) electrons. The van der Waals surface area contributed by atoms with E-state index >= 15 is 0 Å². The Labute approximate surface area is 207 Å². The maximum Gasteiger partial charge on any atom is 0.335 e. The predicted molar refractivity (Wildman–Crippen MR) is 138 cm³/mol. The predicted octanol–water partition coefficient (Wildman–Crippen LogP) is 6.25. The molecule has 4 N–H and O–H groups in total. The molecule has 8 nitrogen and oxygen atoms in total. The number of carbonyl (C=O) groups is 2. The average Bonchev–Trinajstić information content (AvgIpc) is 2.89. The van der Waals surface area contributed by atoms with Gasteiger partial charge >= 0.3 is 11.9 Å². The number of benzene rings is 4. The third kappa shape index (κ3) is 5.39. The van der Waals surface area contributed by atoms with E-state index in [1.165, 1.54) is 12.1 Å². The van der Waals surface area contributed by atoms with Gasteiger partial charge in [-0.05, 0) is 71.8 Å². The zero-order valence-corrected chi connectivity index (χ0v) is 19.6. The van der Waals surface area contributed by atoms with Crippen LogP contribution in [0.5, 0.6) is 11.5 Å². The highest BCUT2D eigenvalue weighted by molar-refractivity contribution is 5.90. The lowest BCUT2D eigenvalue weighted by molar-refractivity contribution is 0.0686. The second-order valence-corrected chi connectivity index (χ2v) is 7.85. The van der Waals surface area contributed by atoms with E-state index in [9.17, 15) is 19.8 Å². The van der Waals surface area contributed by atoms with Crippen molar-refractivity contribution in [2.45, 2.75) is 0 Å². The normalized spacial score (nSPS) is 10.4. The molecule has 4 aromatic rings. The van der Waals surface area contributed by atoms with E-state index in [0.717, 1.165) is 11.1 Å². The van der Waals surface area contributed by atoms with Crippen molar-refractivity contribution in [1.82, 2.24) is 0 Å². The number of rotatable bonds is 9. The fourth-order valence-electron chi connectivity index (χ4n) is 3.72. The second-order valence-electron chi connectivity index (χ2n) is 7.85. The molecule has 0 atom stereocenters. The Morgan fingerprint density at radius 2 is 1.03 bits per heavy atom. The summed E-state index contributed by atoms with van der Waals surface area (Å²) in [5.74, 6) is -0.829. The average molecular weight is 485 g/mol. The number of hydrogen-bond donors (Lipinski definition) is 4. The molecule has 0 saturated heterocycles. The Bertz CT molecular complexity index is 1320. The van der Waals surface area contributed by atoms with Crippen molar-refractivity contribution in [2.75, 3.05) is 24.9 Å². The Morgan fingerprint density at radius 3 is 1.39 bits per heavy atom. The number of hydrogen-bond acceptors (Lipinski definition) is 6. The summed E-state index contributed by atoms with van der Waals surface area (Å²) in [6, 6.07) is 24.4. The Morgan fingerprint density at radius 1 is 0.611 bits per heavy atom. The quantitative estimate of drug-likeness (QED) is 0.220. The Kier molecular flexibility index (Phi) is 7.06. The van der Waals surface area contributed by atoms with Crippen molar-refractivity contribution in [3.8, 4) is 22.6 Å². The molecular formula is C28H24N2O6. The van der Waals surface area contributed by atoms with Crippen molar-refractivity contribution >= 4 is 34.7 Å². The van der Waals surface area contributed by atoms with Crippen molar-refractivity contribution < 1.29 is 29.3 Å². The number of carboxylic acid groups (broad SMARTS) is 2. The van der Waals surface area contributed by atoms with Crippen molar-refractivity contribution in [3.05, 3.63) is 96.1 Å². The Hall–Kier alpha value is -4.98. The molecule has 36 heavy (non-hydrogen) atoms. The number of aromatic carboxylic acids is 2. The minimum atomic E-state index is -0.998. The van der Waals surface area contributed by atoms with E-state index in [0.29, 0.717) is 34.2 Å². The summed E-state index contributed by atoms with van der Waals surface area (Å²) >= 11 is 0. The molecule has 0 aliphatic heterocycles. The molecule has 0 spiro atoms. The smallest absolute Gasteiger partial charge is 0.335 e. The first-order valence-corrected chi connectivity index (χ1v) is 10.9. The fourth-order valence-corrected chi connectivity index (χ4v) is 3.72. The lowest BCUT2D eigenvalue weighted by atomic mass is 10.0. The van der Waals surface area contributed by atoms with Gasteiger partial charge in [-0.15, -0.1) is 0 Å². The van der Waals surface area contributed by atoms with Gasteiger partial charge in [0, 0.05) is 11.4 Å². The van der Waals surface area contributed by atoms with Crippen LogP contribution >= 0.6 is 0 Å². The van der Waals surface area contributed by atoms with E-state index in [4.69, 9.17) is 9.47 Å². The zero-order chi connectivity index (χ0) is 25.7. The number of carboxylic acids is 2. The lowest BCUT2D eigenvalue weighted by Gasteiger charge is -2.15. The highest BCUT2D eigenvalue weighted by Gasteiger charge is 2.12. The molecule has 0 aromatic heterocycles. The molecule has 0 bridgehead atoms. The van der Waals surface area contributed by atoms with E-state index in [2.05, 4.69) is 10.6 Å². The maximum atomic E-state index is 11.3. The highest BCUT2D eigenvalue weighted by Crippen LogP contribution is 2.37. The van der Waals surface area contributed by atoms with Crippen molar-refractivity contribution in [1.29, 1.82) is 0 Å². The van der Waals surface area contributed by atoms with E-state index < -0.39 is 11.9 Å². The van der Waals surface area contributed by atoms with E-state index in [1.807, 2.05) is 36.4 Å². The maximum absolute atomic E-state index is 11.3. The minimum absolute atomic E-state index is 0.186. The van der Waals surface area contributed by atoms with Crippen LogP contribution in [0.3, 0.4) is 0 Å². The summed E-state index contributed by atoms with van der Waals surface area (Å²) in [5, 5.41) is 24.9. The largest absolute Gasteiger partial charge is 0.495 e. The van der Waals surface area contributed by atoms with Gasteiger partial charge in [0.25, 0.3) is 0 Å². The molecule has 0 aliphatic carbocycles. The van der Waals surface area contributed by atoms with Crippen LogP contribution in [0.15, 0.2) is 84.9 Å². The van der Waals surface area contributed by atoms with E-state index in [-0.39, 0.29) is 11.1 Å². The van der Waals surface area contributed by atoms with Gasteiger partial charge in [-0.25, -0.2) is 9.59 Å². The molecule has 0 fully saturated rings. The molecule has 0 saturated carbocycles. The molecule has 0 aliphatic rings. The number of nitrogens with one attached hydrogen (secondary N) is 2. The minimum Gasteiger partial charge on any atom is -0.495 e. The summed E-state index contributed by atoms with van der Waals surface area (Å²) in [7, 11) is 3.13. The SMILES string of the molecule is COc1cc(-c2ccc(Nc3cccc(C(=O)O)c3)c(OC)c2)ccc1Nc1cccc(C(=O)O)c1. The van der Waals surface area contributed by atoms with Crippen LogP contribution in [-0.2, 0) is 0 Å². The van der Waals surface area contributed by atoms with Gasteiger partial charge in [-0.1, -0.05) is 24.3 Å². The first-order valence-electron chi connectivity index (χ1n) is 10.9. The van der Waals surface area contributed by atoms with Crippen LogP contribution in [0.1, 0.15) is 20.7 Å². The van der Waals surface area contributed by atoms with Crippen LogP contribution in [0.4, 0.5) is 22.7 Å². The van der Waals surface area contributed by atoms with Crippen LogP contribution in [-0.4, -0.2) is 36.4 Å². The van der Waals surface area contributed by atoms with Gasteiger partial charge in [-0.2, -0.15) is 0 Å². The molecule has 4 rings (SSSR count). The van der Waals surface area contributed by atoms with Gasteiger partial charge in [0.15, 0.2) is 0 Å². The van der Waals surface area contributed by atoms with Gasteiger partial charge in [0.1, 0.15) is 11.5 Å². The number of ether oxygens (including phenoxy) is 2. The lowest BCUT2D eigenvalue weighted by Crippen LogP contribution is -2.00.